The van der Waals surface area contributed by atoms with Crippen LogP contribution in [0.1, 0.15) is 42.5 Å². The number of aryl methyl sites for hydroxylation is 3. The highest BCUT2D eigenvalue weighted by Gasteiger charge is 2.26. The zero-order valence-electron chi connectivity index (χ0n) is 18.1. The molecule has 156 valence electrons. The molecular weight excluding hydrogens is 364 g/mol. The van der Waals surface area contributed by atoms with Crippen LogP contribution in [0.3, 0.4) is 0 Å². The van der Waals surface area contributed by atoms with Crippen molar-refractivity contribution in [1.29, 1.82) is 0 Å². The van der Waals surface area contributed by atoms with Gasteiger partial charge in [0.25, 0.3) is 5.91 Å². The Labute approximate surface area is 174 Å². The fourth-order valence-electron chi connectivity index (χ4n) is 3.19. The van der Waals surface area contributed by atoms with Crippen LogP contribution in [0.4, 0.5) is 0 Å². The van der Waals surface area contributed by atoms with Crippen molar-refractivity contribution in [2.24, 2.45) is 0 Å². The van der Waals surface area contributed by atoms with Crippen molar-refractivity contribution in [2.45, 2.75) is 53.6 Å². The number of hydrogen-bond acceptors (Lipinski definition) is 3. The normalized spacial score (nSPS) is 11.6. The lowest BCUT2D eigenvalue weighted by Gasteiger charge is -2.29. The van der Waals surface area contributed by atoms with Crippen LogP contribution in [0.2, 0.25) is 0 Å². The van der Waals surface area contributed by atoms with Gasteiger partial charge < -0.3 is 15.0 Å². The Morgan fingerprint density at radius 3 is 2.34 bits per heavy atom. The van der Waals surface area contributed by atoms with Crippen LogP contribution in [-0.4, -0.2) is 35.9 Å². The van der Waals surface area contributed by atoms with E-state index >= 15 is 0 Å². The lowest BCUT2D eigenvalue weighted by Crippen LogP contribution is -2.49. The summed E-state index contributed by atoms with van der Waals surface area (Å²) in [7, 11) is 0. The maximum atomic E-state index is 13.0. The predicted octanol–water partition coefficient (Wildman–Crippen LogP) is 3.93. The van der Waals surface area contributed by atoms with Gasteiger partial charge in [0.1, 0.15) is 11.8 Å². The molecule has 5 nitrogen and oxygen atoms in total. The molecule has 0 heterocycles. The van der Waals surface area contributed by atoms with Gasteiger partial charge in [-0.2, -0.15) is 0 Å². The average Bonchev–Trinajstić information content (AvgIpc) is 2.68. The van der Waals surface area contributed by atoms with E-state index in [-0.39, 0.29) is 18.4 Å². The fourth-order valence-corrected chi connectivity index (χ4v) is 3.19. The second kappa shape index (κ2) is 10.6. The maximum Gasteiger partial charge on any atom is 0.261 e. The summed E-state index contributed by atoms with van der Waals surface area (Å²) in [5.74, 6) is 0.293. The summed E-state index contributed by atoms with van der Waals surface area (Å²) >= 11 is 0. The van der Waals surface area contributed by atoms with Gasteiger partial charge in [-0.1, -0.05) is 37.3 Å². The third-order valence-corrected chi connectivity index (χ3v) is 4.88. The van der Waals surface area contributed by atoms with Crippen molar-refractivity contribution in [2.75, 3.05) is 13.2 Å². The molecule has 29 heavy (non-hydrogen) atoms. The van der Waals surface area contributed by atoms with E-state index in [0.29, 0.717) is 18.8 Å². The van der Waals surface area contributed by atoms with E-state index in [0.717, 1.165) is 28.7 Å². The number of rotatable bonds is 9. The second-order valence-corrected chi connectivity index (χ2v) is 7.53. The molecule has 2 aromatic rings. The Kier molecular flexibility index (Phi) is 8.25. The summed E-state index contributed by atoms with van der Waals surface area (Å²) in [5.41, 5.74) is 4.26. The predicted molar refractivity (Wildman–Crippen MR) is 116 cm³/mol. The summed E-state index contributed by atoms with van der Waals surface area (Å²) in [6, 6.07) is 13.2. The van der Waals surface area contributed by atoms with E-state index in [1.54, 1.807) is 11.8 Å². The largest absolute Gasteiger partial charge is 0.484 e. The first-order valence-corrected chi connectivity index (χ1v) is 10.1. The third-order valence-electron chi connectivity index (χ3n) is 4.88. The van der Waals surface area contributed by atoms with Crippen LogP contribution in [0.25, 0.3) is 0 Å². The van der Waals surface area contributed by atoms with Gasteiger partial charge in [-0.15, -0.1) is 0 Å². The standard InChI is InChI=1S/C24H32N2O3/c1-6-11-25-24(28)20(5)26(15-21-10-8-7-9-19(21)4)23(27)16-29-22-13-17(2)12-18(3)14-22/h7-10,12-14,20H,6,11,15-16H2,1-5H3,(H,25,28)/t20-/m1/s1. The average molecular weight is 397 g/mol. The Balaban J connectivity index is 2.17. The van der Waals surface area contributed by atoms with Crippen molar-refractivity contribution in [3.8, 4) is 5.75 Å². The molecule has 1 atom stereocenters. The lowest BCUT2D eigenvalue weighted by molar-refractivity contribution is -0.142. The Morgan fingerprint density at radius 1 is 1.07 bits per heavy atom. The number of carbonyl (C=O) groups is 2. The van der Waals surface area contributed by atoms with Gasteiger partial charge in [0.05, 0.1) is 0 Å². The van der Waals surface area contributed by atoms with Crippen LogP contribution in [0.5, 0.6) is 5.75 Å². The molecule has 0 aromatic heterocycles. The van der Waals surface area contributed by atoms with Crippen LogP contribution < -0.4 is 10.1 Å². The van der Waals surface area contributed by atoms with Gasteiger partial charge in [0.2, 0.25) is 5.91 Å². The van der Waals surface area contributed by atoms with Crippen LogP contribution in [-0.2, 0) is 16.1 Å². The number of amides is 2. The van der Waals surface area contributed by atoms with E-state index in [1.165, 1.54) is 0 Å². The number of hydrogen-bond donors (Lipinski definition) is 1. The molecule has 0 aliphatic heterocycles. The van der Waals surface area contributed by atoms with Crippen LogP contribution in [0.15, 0.2) is 42.5 Å². The molecule has 0 saturated heterocycles. The van der Waals surface area contributed by atoms with E-state index in [2.05, 4.69) is 11.4 Å². The molecule has 0 bridgehead atoms. The molecule has 1 N–H and O–H groups in total. The summed E-state index contributed by atoms with van der Waals surface area (Å²) in [6.07, 6.45) is 0.847. The van der Waals surface area contributed by atoms with Crippen molar-refractivity contribution in [3.05, 3.63) is 64.7 Å². The molecule has 0 spiro atoms. The maximum absolute atomic E-state index is 13.0. The highest BCUT2D eigenvalue weighted by Crippen LogP contribution is 2.18. The fraction of sp³-hybridized carbons (Fsp3) is 0.417. The number of nitrogens with zero attached hydrogens (tertiary/aromatic N) is 1. The molecular formula is C24H32N2O3. The first-order chi connectivity index (χ1) is 13.8. The van der Waals surface area contributed by atoms with Gasteiger partial charge >= 0.3 is 0 Å². The van der Waals surface area contributed by atoms with Crippen LogP contribution in [0, 0.1) is 20.8 Å². The number of benzene rings is 2. The Bertz CT molecular complexity index is 828. The van der Waals surface area contributed by atoms with E-state index in [1.807, 2.05) is 64.1 Å². The first kappa shape index (κ1) is 22.5. The summed E-state index contributed by atoms with van der Waals surface area (Å²) in [6.45, 7) is 10.6. The molecule has 0 saturated carbocycles. The van der Waals surface area contributed by atoms with Gasteiger partial charge in [-0.25, -0.2) is 0 Å². The molecule has 0 radical (unpaired) electrons. The Morgan fingerprint density at radius 2 is 1.72 bits per heavy atom. The van der Waals surface area contributed by atoms with Gasteiger partial charge in [0, 0.05) is 13.1 Å². The smallest absolute Gasteiger partial charge is 0.261 e. The van der Waals surface area contributed by atoms with Gasteiger partial charge in [0.15, 0.2) is 6.61 Å². The van der Waals surface area contributed by atoms with Gasteiger partial charge in [-0.05, 0) is 68.5 Å². The summed E-state index contributed by atoms with van der Waals surface area (Å²) < 4.78 is 5.77. The minimum Gasteiger partial charge on any atom is -0.484 e. The quantitative estimate of drug-likeness (QED) is 0.699. The highest BCUT2D eigenvalue weighted by atomic mass is 16.5. The first-order valence-electron chi connectivity index (χ1n) is 10.1. The van der Waals surface area contributed by atoms with E-state index < -0.39 is 6.04 Å². The van der Waals surface area contributed by atoms with Crippen molar-refractivity contribution in [3.63, 3.8) is 0 Å². The number of nitrogens with one attached hydrogen (secondary N) is 1. The summed E-state index contributed by atoms with van der Waals surface area (Å²) in [5, 5.41) is 2.88. The third kappa shape index (κ3) is 6.63. The van der Waals surface area contributed by atoms with Crippen molar-refractivity contribution >= 4 is 11.8 Å². The number of carbonyl (C=O) groups excluding carboxylic acids is 2. The highest BCUT2D eigenvalue weighted by molar-refractivity contribution is 5.88. The second-order valence-electron chi connectivity index (χ2n) is 7.53. The molecule has 2 amide bonds. The zero-order valence-corrected chi connectivity index (χ0v) is 18.1. The lowest BCUT2D eigenvalue weighted by atomic mass is 10.1. The number of ether oxygens (including phenoxy) is 1. The topological polar surface area (TPSA) is 58.6 Å². The molecule has 0 aliphatic carbocycles. The van der Waals surface area contributed by atoms with E-state index in [4.69, 9.17) is 4.74 Å². The molecule has 2 aromatic carbocycles. The zero-order chi connectivity index (χ0) is 21.4. The Hall–Kier alpha value is -2.82. The van der Waals surface area contributed by atoms with Gasteiger partial charge in [-0.3, -0.25) is 9.59 Å². The van der Waals surface area contributed by atoms with Crippen LogP contribution >= 0.6 is 0 Å². The molecule has 5 heteroatoms. The molecule has 0 fully saturated rings. The molecule has 2 rings (SSSR count). The monoisotopic (exact) mass is 396 g/mol. The molecule has 0 unspecified atom stereocenters. The molecule has 0 aliphatic rings. The van der Waals surface area contributed by atoms with E-state index in [9.17, 15) is 9.59 Å². The van der Waals surface area contributed by atoms with Crippen molar-refractivity contribution < 1.29 is 14.3 Å². The minimum atomic E-state index is -0.587. The SMILES string of the molecule is CCCNC(=O)[C@@H](C)N(Cc1ccccc1C)C(=O)COc1cc(C)cc(C)c1. The summed E-state index contributed by atoms with van der Waals surface area (Å²) in [4.78, 5) is 27.2. The van der Waals surface area contributed by atoms with Crippen molar-refractivity contribution in [1.82, 2.24) is 10.2 Å². The minimum absolute atomic E-state index is 0.111.